The lowest BCUT2D eigenvalue weighted by molar-refractivity contribution is -0.143. The number of aryl methyl sites for hydroxylation is 1. The van der Waals surface area contributed by atoms with E-state index in [-0.39, 0.29) is 24.4 Å². The van der Waals surface area contributed by atoms with Crippen molar-refractivity contribution in [2.24, 2.45) is 0 Å². The minimum atomic E-state index is -5.10. The fraction of sp³-hybridized carbons (Fsp3) is 0.342. The Balaban J connectivity index is 1.54. The van der Waals surface area contributed by atoms with Crippen molar-refractivity contribution in [1.29, 1.82) is 0 Å². The highest BCUT2D eigenvalue weighted by atomic mass is 19.4. The molecule has 1 atom stereocenters. The highest BCUT2D eigenvalue weighted by Gasteiger charge is 2.41. The Labute approximate surface area is 296 Å². The number of amides is 2. The molecule has 0 spiro atoms. The van der Waals surface area contributed by atoms with Crippen LogP contribution in [-0.2, 0) is 38.7 Å². The number of rotatable bonds is 10. The number of likely N-dealkylation sites (N-methyl/N-ethyl adjacent to an activating group) is 1. The quantitative estimate of drug-likeness (QED) is 0.122. The second kappa shape index (κ2) is 14.9. The first-order valence-electron chi connectivity index (χ1n) is 16.3. The maximum Gasteiger partial charge on any atom is 0.416 e. The first-order valence-corrected chi connectivity index (χ1v) is 16.3. The number of alkyl halides is 6. The smallest absolute Gasteiger partial charge is 0.375 e. The Morgan fingerprint density at radius 2 is 1.54 bits per heavy atom. The maximum atomic E-state index is 14.3. The van der Waals surface area contributed by atoms with Gasteiger partial charge in [0.2, 0.25) is 12.3 Å². The van der Waals surface area contributed by atoms with Crippen LogP contribution < -0.4 is 9.80 Å². The summed E-state index contributed by atoms with van der Waals surface area (Å²) in [5.74, 6) is -0.871. The third kappa shape index (κ3) is 8.38. The average Bonchev–Trinajstić information content (AvgIpc) is 3.10. The number of aromatic nitrogens is 1. The number of anilines is 2. The molecule has 2 amide bonds. The summed E-state index contributed by atoms with van der Waals surface area (Å²) in [4.78, 5) is 35.3. The van der Waals surface area contributed by atoms with Crippen LogP contribution in [0.2, 0.25) is 0 Å². The number of carbonyl (C=O) groups is 2. The summed E-state index contributed by atoms with van der Waals surface area (Å²) < 4.78 is 103. The third-order valence-electron chi connectivity index (χ3n) is 9.24. The molecule has 14 heteroatoms. The lowest BCUT2D eigenvalue weighted by atomic mass is 9.81. The van der Waals surface area contributed by atoms with Crippen LogP contribution in [0.3, 0.4) is 0 Å². The van der Waals surface area contributed by atoms with Crippen LogP contribution in [0.1, 0.15) is 41.7 Å². The number of ether oxygens (including phenoxy) is 1. The first kappa shape index (κ1) is 38.3. The zero-order valence-corrected chi connectivity index (χ0v) is 28.9. The molecule has 7 nitrogen and oxygen atoms in total. The van der Waals surface area contributed by atoms with Gasteiger partial charge in [-0.2, -0.15) is 26.3 Å². The lowest BCUT2D eigenvalue weighted by Crippen LogP contribution is -2.55. The highest BCUT2D eigenvalue weighted by molar-refractivity contribution is 6.03. The van der Waals surface area contributed by atoms with E-state index in [2.05, 4.69) is 4.98 Å². The fourth-order valence-electron chi connectivity index (χ4n) is 6.28. The number of benzene rings is 3. The molecular weight excluding hydrogens is 693 g/mol. The topological polar surface area (TPSA) is 66.0 Å². The van der Waals surface area contributed by atoms with Gasteiger partial charge in [-0.15, -0.1) is 0 Å². The van der Waals surface area contributed by atoms with Crippen molar-refractivity contribution in [3.05, 3.63) is 113 Å². The molecular formula is C38H37F7N4O3. The zero-order chi connectivity index (χ0) is 38.0. The van der Waals surface area contributed by atoms with Gasteiger partial charge in [-0.25, -0.2) is 9.37 Å². The van der Waals surface area contributed by atoms with Crippen molar-refractivity contribution in [2.75, 3.05) is 43.1 Å². The van der Waals surface area contributed by atoms with Crippen LogP contribution >= 0.6 is 0 Å². The third-order valence-corrected chi connectivity index (χ3v) is 9.24. The second-order valence-electron chi connectivity index (χ2n) is 13.3. The molecule has 0 bridgehead atoms. The Morgan fingerprint density at radius 1 is 0.904 bits per heavy atom. The van der Waals surface area contributed by atoms with Crippen molar-refractivity contribution in [3.8, 4) is 11.1 Å². The highest BCUT2D eigenvalue weighted by Crippen LogP contribution is 2.41. The molecule has 276 valence electrons. The molecule has 0 aliphatic carbocycles. The van der Waals surface area contributed by atoms with E-state index < -0.39 is 46.2 Å². The van der Waals surface area contributed by atoms with Crippen molar-refractivity contribution in [1.82, 2.24) is 9.88 Å². The molecule has 4 aromatic rings. The van der Waals surface area contributed by atoms with Gasteiger partial charge in [0, 0.05) is 32.2 Å². The number of pyridine rings is 1. The van der Waals surface area contributed by atoms with Crippen LogP contribution in [0.4, 0.5) is 42.2 Å². The predicted molar refractivity (Wildman–Crippen MR) is 182 cm³/mol. The normalized spacial score (nSPS) is 15.5. The van der Waals surface area contributed by atoms with Crippen LogP contribution in [-0.4, -0.2) is 61.5 Å². The molecule has 0 radical (unpaired) electrons. The second-order valence-corrected chi connectivity index (χ2v) is 13.3. The Kier molecular flexibility index (Phi) is 11.0. The van der Waals surface area contributed by atoms with Crippen molar-refractivity contribution < 1.29 is 45.1 Å². The van der Waals surface area contributed by atoms with Crippen LogP contribution in [0, 0.1) is 12.7 Å². The van der Waals surface area contributed by atoms with Gasteiger partial charge in [0.1, 0.15) is 11.6 Å². The van der Waals surface area contributed by atoms with Crippen molar-refractivity contribution >= 4 is 23.8 Å². The van der Waals surface area contributed by atoms with Gasteiger partial charge >= 0.3 is 12.4 Å². The molecule has 1 aromatic heterocycles. The number of piperazine rings is 1. The molecule has 2 heterocycles. The Hall–Kier alpha value is -4.98. The van der Waals surface area contributed by atoms with E-state index in [1.54, 1.807) is 17.9 Å². The Morgan fingerprint density at radius 3 is 2.13 bits per heavy atom. The summed E-state index contributed by atoms with van der Waals surface area (Å²) in [6.07, 6.45) is -8.05. The molecule has 3 aromatic carbocycles. The lowest BCUT2D eigenvalue weighted by Gasteiger charge is -2.41. The fourth-order valence-corrected chi connectivity index (χ4v) is 6.28. The standard InChI is InChI=1S/C38H37F7N4O3/c1-24-14-29(39)10-11-31(24)32-18-34(49-13-12-48(23-50)20-30(49)22-52-21-25-8-6-5-7-9-25)46-19-33(32)47(4)35(51)36(2,3)26-15-27(37(40,41)42)17-28(16-26)38(43,44)45/h5-11,14-19,23,30H,12-13,20-22H2,1-4H3/t30-/m0/s1. The monoisotopic (exact) mass is 730 g/mol. The van der Waals surface area contributed by atoms with E-state index in [0.717, 1.165) is 16.9 Å². The zero-order valence-electron chi connectivity index (χ0n) is 28.9. The summed E-state index contributed by atoms with van der Waals surface area (Å²) in [6, 6.07) is 16.1. The van der Waals surface area contributed by atoms with Gasteiger partial charge in [-0.1, -0.05) is 36.4 Å². The molecule has 0 N–H and O–H groups in total. The molecule has 1 saturated heterocycles. The number of halogens is 7. The molecule has 0 saturated carbocycles. The van der Waals surface area contributed by atoms with E-state index in [4.69, 9.17) is 4.74 Å². The van der Waals surface area contributed by atoms with Crippen LogP contribution in [0.25, 0.3) is 11.1 Å². The summed E-state index contributed by atoms with van der Waals surface area (Å²) in [6.45, 7) is 5.82. The van der Waals surface area contributed by atoms with Gasteiger partial charge in [0.05, 0.1) is 47.7 Å². The number of hydrogen-bond acceptors (Lipinski definition) is 5. The van der Waals surface area contributed by atoms with Gasteiger partial charge in [-0.3, -0.25) is 9.59 Å². The number of nitrogens with zero attached hydrogens (tertiary/aromatic N) is 4. The van der Waals surface area contributed by atoms with E-state index in [0.29, 0.717) is 60.9 Å². The van der Waals surface area contributed by atoms with E-state index in [9.17, 15) is 40.3 Å². The van der Waals surface area contributed by atoms with Gasteiger partial charge < -0.3 is 19.4 Å². The number of carbonyl (C=O) groups excluding carboxylic acids is 2. The van der Waals surface area contributed by atoms with Gasteiger partial charge in [-0.05, 0) is 79.4 Å². The van der Waals surface area contributed by atoms with Crippen LogP contribution in [0.15, 0.2) is 79.0 Å². The molecule has 52 heavy (non-hydrogen) atoms. The van der Waals surface area contributed by atoms with Crippen molar-refractivity contribution in [2.45, 2.75) is 51.2 Å². The van der Waals surface area contributed by atoms with E-state index in [1.807, 2.05) is 35.2 Å². The largest absolute Gasteiger partial charge is 0.416 e. The molecule has 0 unspecified atom stereocenters. The summed E-state index contributed by atoms with van der Waals surface area (Å²) in [5.41, 5.74) is -2.86. The van der Waals surface area contributed by atoms with Crippen molar-refractivity contribution in [3.63, 3.8) is 0 Å². The predicted octanol–water partition coefficient (Wildman–Crippen LogP) is 8.04. The summed E-state index contributed by atoms with van der Waals surface area (Å²) >= 11 is 0. The minimum absolute atomic E-state index is 0.0146. The summed E-state index contributed by atoms with van der Waals surface area (Å²) in [5, 5.41) is 0. The minimum Gasteiger partial charge on any atom is -0.375 e. The number of hydrogen-bond donors (Lipinski definition) is 0. The Bertz CT molecular complexity index is 1880. The van der Waals surface area contributed by atoms with E-state index in [1.165, 1.54) is 45.3 Å². The SMILES string of the molecule is Cc1cc(F)ccc1-c1cc(N2CCN(C=O)C[C@H]2COCc2ccccc2)ncc1N(C)C(=O)C(C)(C)c1cc(C(F)(F)F)cc(C(F)(F)F)c1. The molecule has 1 fully saturated rings. The average molecular weight is 731 g/mol. The van der Waals surface area contributed by atoms with Crippen LogP contribution in [0.5, 0.6) is 0 Å². The van der Waals surface area contributed by atoms with E-state index >= 15 is 0 Å². The maximum absolute atomic E-state index is 14.3. The first-order chi connectivity index (χ1) is 24.4. The molecule has 1 aliphatic rings. The molecule has 5 rings (SSSR count). The van der Waals surface area contributed by atoms with Gasteiger partial charge in [0.15, 0.2) is 0 Å². The molecule has 1 aliphatic heterocycles. The summed E-state index contributed by atoms with van der Waals surface area (Å²) in [7, 11) is 1.35. The van der Waals surface area contributed by atoms with Gasteiger partial charge in [0.25, 0.3) is 0 Å².